The van der Waals surface area contributed by atoms with E-state index in [9.17, 15) is 9.90 Å². The first-order valence-corrected chi connectivity index (χ1v) is 14.8. The zero-order valence-electron chi connectivity index (χ0n) is 22.4. The van der Waals surface area contributed by atoms with E-state index in [1.807, 2.05) is 18.2 Å². The summed E-state index contributed by atoms with van der Waals surface area (Å²) in [6, 6.07) is 7.30. The Bertz CT molecular complexity index is 1610. The standard InChI is InChI=1S/C31H29Cl2N3O5/c32-23-14-34-15-24(33)26(23)27-22(28(41-36-27)18-1-2-18)16-40-31-8-5-30(6-9-31,7-10-31)17-39-21-4-3-19-12-25(29(37)38)35-13-20(19)11-21/h3-4,11-15,18H,1-2,5-10,16-17H2,(H,37,38). The second-order valence-corrected chi connectivity index (χ2v) is 12.6. The average Bonchev–Trinajstić information content (AvgIpc) is 3.75. The highest BCUT2D eigenvalue weighted by Crippen LogP contribution is 2.55. The normalized spacial score (nSPS) is 23.7. The molecule has 4 saturated carbocycles. The summed E-state index contributed by atoms with van der Waals surface area (Å²) >= 11 is 13.0. The van der Waals surface area contributed by atoms with E-state index >= 15 is 0 Å². The summed E-state index contributed by atoms with van der Waals surface area (Å²) in [5.41, 5.74) is 2.24. The maximum atomic E-state index is 11.2. The van der Waals surface area contributed by atoms with Gasteiger partial charge < -0.3 is 19.1 Å². The largest absolute Gasteiger partial charge is 0.493 e. The number of hydrogen-bond donors (Lipinski definition) is 1. The van der Waals surface area contributed by atoms with Crippen LogP contribution in [0, 0.1) is 5.41 Å². The highest BCUT2D eigenvalue weighted by molar-refractivity contribution is 6.38. The van der Waals surface area contributed by atoms with Crippen molar-refractivity contribution in [2.75, 3.05) is 6.61 Å². The van der Waals surface area contributed by atoms with Crippen molar-refractivity contribution in [3.05, 3.63) is 69.9 Å². The fraction of sp³-hybridized carbons (Fsp3) is 0.419. The van der Waals surface area contributed by atoms with Crippen LogP contribution in [-0.4, -0.2) is 38.4 Å². The zero-order chi connectivity index (χ0) is 28.2. The molecule has 2 bridgehead atoms. The number of aromatic carboxylic acids is 1. The lowest BCUT2D eigenvalue weighted by atomic mass is 9.59. The molecular weight excluding hydrogens is 565 g/mol. The molecule has 0 unspecified atom stereocenters. The second-order valence-electron chi connectivity index (χ2n) is 11.8. The third-order valence-corrected chi connectivity index (χ3v) is 9.74. The van der Waals surface area contributed by atoms with E-state index in [4.69, 9.17) is 37.2 Å². The van der Waals surface area contributed by atoms with E-state index in [1.54, 1.807) is 24.7 Å². The van der Waals surface area contributed by atoms with Crippen LogP contribution in [0.2, 0.25) is 10.0 Å². The van der Waals surface area contributed by atoms with E-state index < -0.39 is 5.97 Å². The molecule has 3 aromatic heterocycles. The van der Waals surface area contributed by atoms with Gasteiger partial charge in [0.05, 0.1) is 28.9 Å². The van der Waals surface area contributed by atoms with Crippen LogP contribution >= 0.6 is 23.2 Å². The minimum atomic E-state index is -1.03. The van der Waals surface area contributed by atoms with Crippen LogP contribution in [-0.2, 0) is 11.3 Å². The van der Waals surface area contributed by atoms with Gasteiger partial charge in [-0.25, -0.2) is 9.78 Å². The molecule has 10 heteroatoms. The number of benzene rings is 1. The highest BCUT2D eigenvalue weighted by atomic mass is 35.5. The van der Waals surface area contributed by atoms with Crippen LogP contribution in [0.5, 0.6) is 5.75 Å². The summed E-state index contributed by atoms with van der Waals surface area (Å²) < 4.78 is 18.9. The van der Waals surface area contributed by atoms with Crippen molar-refractivity contribution in [3.8, 4) is 17.0 Å². The van der Waals surface area contributed by atoms with Crippen LogP contribution in [0.3, 0.4) is 0 Å². The number of fused-ring (bicyclic) bond motifs is 4. The van der Waals surface area contributed by atoms with E-state index in [0.29, 0.717) is 40.4 Å². The molecule has 4 aliphatic carbocycles. The van der Waals surface area contributed by atoms with E-state index in [1.165, 1.54) is 0 Å². The monoisotopic (exact) mass is 593 g/mol. The van der Waals surface area contributed by atoms with Gasteiger partial charge in [-0.3, -0.25) is 4.98 Å². The number of ether oxygens (including phenoxy) is 2. The summed E-state index contributed by atoms with van der Waals surface area (Å²) in [4.78, 5) is 19.3. The van der Waals surface area contributed by atoms with Gasteiger partial charge in [-0.2, -0.15) is 0 Å². The van der Waals surface area contributed by atoms with Crippen molar-refractivity contribution >= 4 is 39.9 Å². The Labute approximate surface area is 247 Å². The van der Waals surface area contributed by atoms with Crippen LogP contribution < -0.4 is 4.74 Å². The first-order valence-electron chi connectivity index (χ1n) is 14.0. The van der Waals surface area contributed by atoms with Crippen molar-refractivity contribution < 1.29 is 23.9 Å². The SMILES string of the molecule is O=C(O)c1cc2ccc(OCC34CCC(OCc5c(-c6c(Cl)cncc6Cl)noc5C5CC5)(CC3)CC4)cc2cn1. The molecule has 0 amide bonds. The summed E-state index contributed by atoms with van der Waals surface area (Å²) in [6.45, 7) is 1.06. The van der Waals surface area contributed by atoms with Gasteiger partial charge in [-0.15, -0.1) is 0 Å². The average molecular weight is 594 g/mol. The van der Waals surface area contributed by atoms with Crippen molar-refractivity contribution in [1.29, 1.82) is 0 Å². The molecule has 8 nitrogen and oxygen atoms in total. The third kappa shape index (κ3) is 5.07. The minimum Gasteiger partial charge on any atom is -0.493 e. The van der Waals surface area contributed by atoms with Gasteiger partial charge in [-0.05, 0) is 75.0 Å². The van der Waals surface area contributed by atoms with Gasteiger partial charge in [0.15, 0.2) is 0 Å². The molecule has 1 aromatic carbocycles. The van der Waals surface area contributed by atoms with Crippen molar-refractivity contribution in [2.24, 2.45) is 5.41 Å². The van der Waals surface area contributed by atoms with Gasteiger partial charge in [-0.1, -0.05) is 34.4 Å². The van der Waals surface area contributed by atoms with Gasteiger partial charge in [0.2, 0.25) is 0 Å². The number of aromatic nitrogens is 3. The number of rotatable bonds is 9. The molecule has 0 atom stereocenters. The third-order valence-electron chi connectivity index (χ3n) is 9.17. The fourth-order valence-electron chi connectivity index (χ4n) is 6.41. The molecule has 3 heterocycles. The Morgan fingerprint density at radius 3 is 2.41 bits per heavy atom. The first-order chi connectivity index (χ1) is 19.8. The number of pyridine rings is 2. The van der Waals surface area contributed by atoms with Crippen LogP contribution in [0.1, 0.15) is 79.1 Å². The van der Waals surface area contributed by atoms with E-state index in [2.05, 4.69) is 15.1 Å². The number of hydrogen-bond acceptors (Lipinski definition) is 7. The molecule has 8 rings (SSSR count). The molecule has 41 heavy (non-hydrogen) atoms. The van der Waals surface area contributed by atoms with Gasteiger partial charge in [0, 0.05) is 46.4 Å². The number of carbonyl (C=O) groups is 1. The van der Waals surface area contributed by atoms with Crippen LogP contribution in [0.4, 0.5) is 0 Å². The molecule has 0 spiro atoms. The first kappa shape index (κ1) is 26.7. The Balaban J connectivity index is 1.02. The predicted molar refractivity (Wildman–Crippen MR) is 154 cm³/mol. The predicted octanol–water partition coefficient (Wildman–Crippen LogP) is 7.86. The van der Waals surface area contributed by atoms with Crippen molar-refractivity contribution in [2.45, 2.75) is 69.5 Å². The lowest BCUT2D eigenvalue weighted by Gasteiger charge is -2.52. The molecule has 0 saturated heterocycles. The molecule has 212 valence electrons. The van der Waals surface area contributed by atoms with E-state index in [0.717, 1.165) is 79.2 Å². The van der Waals surface area contributed by atoms with Gasteiger partial charge >= 0.3 is 5.97 Å². The summed E-state index contributed by atoms with van der Waals surface area (Å²) in [6.07, 6.45) is 13.0. The Morgan fingerprint density at radius 2 is 1.73 bits per heavy atom. The topological polar surface area (TPSA) is 108 Å². The Kier molecular flexibility index (Phi) is 6.68. The van der Waals surface area contributed by atoms with Crippen molar-refractivity contribution in [3.63, 3.8) is 0 Å². The summed E-state index contributed by atoms with van der Waals surface area (Å²) in [5.74, 6) is 1.00. The maximum Gasteiger partial charge on any atom is 0.354 e. The molecule has 1 N–H and O–H groups in total. The summed E-state index contributed by atoms with van der Waals surface area (Å²) in [7, 11) is 0. The lowest BCUT2D eigenvalue weighted by Crippen LogP contribution is -2.49. The number of halogens is 2. The maximum absolute atomic E-state index is 11.2. The Hall–Kier alpha value is -3.20. The van der Waals surface area contributed by atoms with Gasteiger partial charge in [0.1, 0.15) is 22.9 Å². The molecule has 4 aliphatic rings. The van der Waals surface area contributed by atoms with E-state index in [-0.39, 0.29) is 16.7 Å². The molecule has 4 aromatic rings. The quantitative estimate of drug-likeness (QED) is 0.209. The summed E-state index contributed by atoms with van der Waals surface area (Å²) in [5, 5.41) is 16.2. The minimum absolute atomic E-state index is 0.0363. The van der Waals surface area contributed by atoms with Crippen molar-refractivity contribution in [1.82, 2.24) is 15.1 Å². The second kappa shape index (κ2) is 10.3. The highest BCUT2D eigenvalue weighted by Gasteiger charge is 2.50. The number of nitrogens with zero attached hydrogens (tertiary/aromatic N) is 3. The zero-order valence-corrected chi connectivity index (χ0v) is 23.9. The number of carboxylic acid groups (broad SMARTS) is 1. The molecule has 4 fully saturated rings. The van der Waals surface area contributed by atoms with Crippen LogP contribution in [0.15, 0.2) is 47.4 Å². The molecule has 0 aliphatic heterocycles. The fourth-order valence-corrected chi connectivity index (χ4v) is 6.96. The van der Waals surface area contributed by atoms with Crippen LogP contribution in [0.25, 0.3) is 22.0 Å². The smallest absolute Gasteiger partial charge is 0.354 e. The molecular formula is C31H29Cl2N3O5. The number of carboxylic acids is 1. The molecule has 0 radical (unpaired) electrons. The van der Waals surface area contributed by atoms with Gasteiger partial charge in [0.25, 0.3) is 0 Å². The Morgan fingerprint density at radius 1 is 1.00 bits per heavy atom. The lowest BCUT2D eigenvalue weighted by molar-refractivity contribution is -0.150.